The van der Waals surface area contributed by atoms with Gasteiger partial charge in [0.1, 0.15) is 0 Å². The van der Waals surface area contributed by atoms with Crippen LogP contribution in [0.5, 0.6) is 0 Å². The third-order valence-electron chi connectivity index (χ3n) is 10.5. The van der Waals surface area contributed by atoms with E-state index >= 15 is 0 Å². The predicted octanol–water partition coefficient (Wildman–Crippen LogP) is 6.58. The van der Waals surface area contributed by atoms with Gasteiger partial charge >= 0.3 is 0 Å². The number of rotatable bonds is 12. The van der Waals surface area contributed by atoms with Crippen molar-refractivity contribution in [2.45, 2.75) is 103 Å². The molecule has 0 radical (unpaired) electrons. The Labute approximate surface area is 290 Å². The summed E-state index contributed by atoms with van der Waals surface area (Å²) in [5.41, 5.74) is 8.26. The van der Waals surface area contributed by atoms with Gasteiger partial charge in [0.05, 0.1) is 18.8 Å². The van der Waals surface area contributed by atoms with Gasteiger partial charge in [0.2, 0.25) is 11.8 Å². The number of benzene rings is 3. The highest BCUT2D eigenvalue weighted by atomic mass is 16.7. The Kier molecular flexibility index (Phi) is 10.9. The van der Waals surface area contributed by atoms with E-state index in [0.29, 0.717) is 29.8 Å². The third kappa shape index (κ3) is 8.77. The number of aliphatic hydroxyl groups is 1. The maximum absolute atomic E-state index is 12.4. The maximum Gasteiger partial charge on any atom is 0.243 e. The van der Waals surface area contributed by atoms with Gasteiger partial charge in [-0.2, -0.15) is 0 Å². The molecule has 2 amide bonds. The summed E-state index contributed by atoms with van der Waals surface area (Å²) in [6.07, 6.45) is 4.51. The van der Waals surface area contributed by atoms with E-state index in [1.54, 1.807) is 5.48 Å². The van der Waals surface area contributed by atoms with Crippen LogP contribution in [0.1, 0.15) is 100 Å². The van der Waals surface area contributed by atoms with Gasteiger partial charge in [0, 0.05) is 50.5 Å². The zero-order valence-corrected chi connectivity index (χ0v) is 29.0. The minimum atomic E-state index is -0.522. The molecule has 0 spiro atoms. The largest absolute Gasteiger partial charge is 0.392 e. The molecule has 49 heavy (non-hydrogen) atoms. The standard InChI is InChI=1S/C40H51N3O6/c1-39(2)20-32-21-40(3,25-39)26-43(32)23-33-19-35(29-13-11-27(24-44)12-14-29)49-38(48-33)30-17-15-28(16-18-30)34-8-5-4-7-31(34)22-41-36(45)9-6-10-37(46)42-47/h4-5,7-8,11-18,32-33,35,38,44,47H,6,9-10,19-26H2,1-3H3,(H,41,45)(H,42,46)/t32?,33-,35+,38+,40?/m1/s1. The van der Waals surface area contributed by atoms with E-state index in [1.165, 1.54) is 19.3 Å². The summed E-state index contributed by atoms with van der Waals surface area (Å²) in [6, 6.07) is 24.9. The van der Waals surface area contributed by atoms with Crippen LogP contribution in [0.2, 0.25) is 0 Å². The molecular formula is C40H51N3O6. The molecule has 3 aromatic rings. The number of nitrogens with zero attached hydrogens (tertiary/aromatic N) is 1. The highest BCUT2D eigenvalue weighted by Crippen LogP contribution is 2.53. The molecule has 3 aromatic carbocycles. The first kappa shape index (κ1) is 35.2. The molecule has 3 fully saturated rings. The molecule has 1 aliphatic carbocycles. The Morgan fingerprint density at radius 1 is 0.898 bits per heavy atom. The average Bonchev–Trinajstić information content (AvgIpc) is 3.34. The van der Waals surface area contributed by atoms with E-state index in [0.717, 1.165) is 52.9 Å². The van der Waals surface area contributed by atoms with Crippen LogP contribution in [0.25, 0.3) is 11.1 Å². The Balaban J connectivity index is 1.16. The number of likely N-dealkylation sites (tertiary alicyclic amines) is 1. The number of hydrogen-bond acceptors (Lipinski definition) is 7. The first-order valence-electron chi connectivity index (χ1n) is 17.7. The van der Waals surface area contributed by atoms with Crippen molar-refractivity contribution in [1.82, 2.24) is 15.7 Å². The van der Waals surface area contributed by atoms with Crippen LogP contribution in [-0.4, -0.2) is 52.3 Å². The number of fused-ring (bicyclic) bond motifs is 2. The third-order valence-corrected chi connectivity index (χ3v) is 10.5. The van der Waals surface area contributed by atoms with Gasteiger partial charge in [-0.1, -0.05) is 93.6 Å². The van der Waals surface area contributed by atoms with Crippen LogP contribution in [0.15, 0.2) is 72.8 Å². The Bertz CT molecular complexity index is 1590. The molecule has 2 bridgehead atoms. The van der Waals surface area contributed by atoms with Crippen molar-refractivity contribution in [2.24, 2.45) is 10.8 Å². The topological polar surface area (TPSA) is 120 Å². The minimum absolute atomic E-state index is 0.00867. The van der Waals surface area contributed by atoms with Gasteiger partial charge < -0.3 is 19.9 Å². The van der Waals surface area contributed by atoms with Crippen molar-refractivity contribution in [1.29, 1.82) is 0 Å². The maximum atomic E-state index is 12.4. The van der Waals surface area contributed by atoms with Gasteiger partial charge in [-0.15, -0.1) is 0 Å². The zero-order valence-electron chi connectivity index (χ0n) is 29.0. The number of hydrogen-bond donors (Lipinski definition) is 4. The second-order valence-corrected chi connectivity index (χ2v) is 15.4. The van der Waals surface area contributed by atoms with Crippen LogP contribution >= 0.6 is 0 Å². The van der Waals surface area contributed by atoms with Crippen molar-refractivity contribution in [3.63, 3.8) is 0 Å². The zero-order chi connectivity index (χ0) is 34.6. The van der Waals surface area contributed by atoms with Crippen LogP contribution in [-0.2, 0) is 32.2 Å². The van der Waals surface area contributed by atoms with Crippen molar-refractivity contribution < 1.29 is 29.4 Å². The van der Waals surface area contributed by atoms with E-state index in [2.05, 4.69) is 67.4 Å². The number of hydroxylamine groups is 1. The number of ether oxygens (including phenoxy) is 2. The van der Waals surface area contributed by atoms with Crippen LogP contribution < -0.4 is 10.8 Å². The minimum Gasteiger partial charge on any atom is -0.392 e. The first-order chi connectivity index (χ1) is 23.5. The fourth-order valence-corrected chi connectivity index (χ4v) is 8.61. The molecule has 4 N–H and O–H groups in total. The van der Waals surface area contributed by atoms with E-state index < -0.39 is 12.2 Å². The molecule has 262 valence electrons. The summed E-state index contributed by atoms with van der Waals surface area (Å²) >= 11 is 0. The van der Waals surface area contributed by atoms with Crippen molar-refractivity contribution >= 4 is 11.8 Å². The monoisotopic (exact) mass is 669 g/mol. The second kappa shape index (κ2) is 15.1. The predicted molar refractivity (Wildman–Crippen MR) is 187 cm³/mol. The summed E-state index contributed by atoms with van der Waals surface area (Å²) < 4.78 is 13.4. The van der Waals surface area contributed by atoms with Gasteiger partial charge in [-0.25, -0.2) is 5.48 Å². The molecule has 2 saturated heterocycles. The van der Waals surface area contributed by atoms with Crippen molar-refractivity contribution in [2.75, 3.05) is 13.1 Å². The number of carbonyl (C=O) groups is 2. The smallest absolute Gasteiger partial charge is 0.243 e. The normalized spacial score (nSPS) is 26.3. The van der Waals surface area contributed by atoms with Gasteiger partial charge in [-0.3, -0.25) is 19.7 Å². The lowest BCUT2D eigenvalue weighted by molar-refractivity contribution is -0.253. The highest BCUT2D eigenvalue weighted by Gasteiger charge is 2.50. The van der Waals surface area contributed by atoms with E-state index in [9.17, 15) is 14.7 Å². The number of nitrogens with one attached hydrogen (secondary N) is 2. The van der Waals surface area contributed by atoms with Crippen LogP contribution in [0.4, 0.5) is 0 Å². The first-order valence-corrected chi connectivity index (χ1v) is 17.7. The molecule has 9 heteroatoms. The Hall–Kier alpha value is -3.60. The molecule has 9 nitrogen and oxygen atoms in total. The fourth-order valence-electron chi connectivity index (χ4n) is 8.61. The molecule has 0 aromatic heterocycles. The Morgan fingerprint density at radius 2 is 1.61 bits per heavy atom. The SMILES string of the molecule is CC1(C)CC2CC(C)(CN2C[C@H]2C[C@@H](c3ccc(CO)cc3)O[C@@H](c3ccc(-c4ccccc4CNC(=O)CCCC(=O)NO)cc3)O2)C1. The number of amides is 2. The molecular weight excluding hydrogens is 618 g/mol. The van der Waals surface area contributed by atoms with Gasteiger partial charge in [0.15, 0.2) is 6.29 Å². The van der Waals surface area contributed by atoms with Crippen LogP contribution in [0.3, 0.4) is 0 Å². The van der Waals surface area contributed by atoms with Crippen molar-refractivity contribution in [3.8, 4) is 11.1 Å². The number of aliphatic hydroxyl groups excluding tert-OH is 1. The quantitative estimate of drug-likeness (QED) is 0.127. The van der Waals surface area contributed by atoms with E-state index in [1.807, 2.05) is 36.4 Å². The highest BCUT2D eigenvalue weighted by molar-refractivity contribution is 5.78. The van der Waals surface area contributed by atoms with Crippen molar-refractivity contribution in [3.05, 3.63) is 95.1 Å². The summed E-state index contributed by atoms with van der Waals surface area (Å²) in [5, 5.41) is 21.2. The molecule has 5 atom stereocenters. The summed E-state index contributed by atoms with van der Waals surface area (Å²) in [7, 11) is 0. The molecule has 1 saturated carbocycles. The lowest BCUT2D eigenvalue weighted by Gasteiger charge is -2.41. The molecule has 6 rings (SSSR count). The lowest BCUT2D eigenvalue weighted by Crippen LogP contribution is -2.42. The van der Waals surface area contributed by atoms with E-state index in [-0.39, 0.29) is 37.6 Å². The summed E-state index contributed by atoms with van der Waals surface area (Å²) in [4.78, 5) is 26.3. The lowest BCUT2D eigenvalue weighted by atomic mass is 9.65. The number of carbonyl (C=O) groups excluding carboxylic acids is 2. The van der Waals surface area contributed by atoms with Crippen LogP contribution in [0, 0.1) is 10.8 Å². The van der Waals surface area contributed by atoms with Gasteiger partial charge in [0.25, 0.3) is 0 Å². The van der Waals surface area contributed by atoms with E-state index in [4.69, 9.17) is 14.7 Å². The Morgan fingerprint density at radius 3 is 2.35 bits per heavy atom. The molecule has 2 unspecified atom stereocenters. The molecule has 2 heterocycles. The fraction of sp³-hybridized carbons (Fsp3) is 0.500. The molecule has 3 aliphatic rings. The molecule has 2 aliphatic heterocycles. The average molecular weight is 670 g/mol. The van der Waals surface area contributed by atoms with Gasteiger partial charge in [-0.05, 0) is 64.3 Å². The summed E-state index contributed by atoms with van der Waals surface area (Å²) in [5.74, 6) is -0.645. The summed E-state index contributed by atoms with van der Waals surface area (Å²) in [6.45, 7) is 9.65. The second-order valence-electron chi connectivity index (χ2n) is 15.4.